The summed E-state index contributed by atoms with van der Waals surface area (Å²) in [6, 6.07) is 2.38. The standard InChI is InChI=1S/C16H26FN3/c1-11(2)19-9-14-7-8-18-16(15(14)17)20(12(3)4)10-13-5-6-13/h7-8,11-13,19H,5-6,9-10H2,1-4H3. The Balaban J connectivity index is 2.18. The van der Waals surface area contributed by atoms with Gasteiger partial charge in [-0.15, -0.1) is 0 Å². The van der Waals surface area contributed by atoms with Crippen molar-refractivity contribution in [3.05, 3.63) is 23.6 Å². The summed E-state index contributed by atoms with van der Waals surface area (Å²) < 4.78 is 14.7. The molecule has 0 radical (unpaired) electrons. The lowest BCUT2D eigenvalue weighted by Crippen LogP contribution is -2.34. The van der Waals surface area contributed by atoms with Gasteiger partial charge in [-0.3, -0.25) is 0 Å². The molecule has 0 bridgehead atoms. The first-order valence-electron chi connectivity index (χ1n) is 7.62. The second-order valence-electron chi connectivity index (χ2n) is 6.33. The quantitative estimate of drug-likeness (QED) is 0.829. The zero-order valence-corrected chi connectivity index (χ0v) is 13.0. The number of nitrogens with zero attached hydrogens (tertiary/aromatic N) is 2. The molecule has 0 amide bonds. The summed E-state index contributed by atoms with van der Waals surface area (Å²) in [5.41, 5.74) is 0.699. The zero-order valence-electron chi connectivity index (χ0n) is 13.0. The van der Waals surface area contributed by atoms with Gasteiger partial charge < -0.3 is 10.2 Å². The number of anilines is 1. The molecule has 2 rings (SSSR count). The fourth-order valence-electron chi connectivity index (χ4n) is 2.24. The largest absolute Gasteiger partial charge is 0.351 e. The van der Waals surface area contributed by atoms with Gasteiger partial charge in [-0.2, -0.15) is 0 Å². The smallest absolute Gasteiger partial charge is 0.170 e. The summed E-state index contributed by atoms with van der Waals surface area (Å²) in [5, 5.41) is 3.26. The van der Waals surface area contributed by atoms with Crippen molar-refractivity contribution in [2.24, 2.45) is 5.92 Å². The maximum absolute atomic E-state index is 14.7. The van der Waals surface area contributed by atoms with Gasteiger partial charge in [-0.05, 0) is 38.7 Å². The van der Waals surface area contributed by atoms with Gasteiger partial charge in [-0.25, -0.2) is 9.37 Å². The van der Waals surface area contributed by atoms with Gasteiger partial charge in [0, 0.05) is 36.9 Å². The Morgan fingerprint density at radius 3 is 2.60 bits per heavy atom. The second-order valence-corrected chi connectivity index (χ2v) is 6.33. The third-order valence-corrected chi connectivity index (χ3v) is 3.70. The van der Waals surface area contributed by atoms with Gasteiger partial charge in [0.05, 0.1) is 0 Å². The van der Waals surface area contributed by atoms with Crippen molar-refractivity contribution in [1.29, 1.82) is 0 Å². The average molecular weight is 279 g/mol. The minimum absolute atomic E-state index is 0.171. The summed E-state index contributed by atoms with van der Waals surface area (Å²) in [6.45, 7) is 9.79. The lowest BCUT2D eigenvalue weighted by atomic mass is 10.2. The van der Waals surface area contributed by atoms with Crippen LogP contribution in [0, 0.1) is 11.7 Å². The number of aromatic nitrogens is 1. The summed E-state index contributed by atoms with van der Waals surface area (Å²) in [7, 11) is 0. The monoisotopic (exact) mass is 279 g/mol. The number of pyridine rings is 1. The molecule has 1 aliphatic rings. The highest BCUT2D eigenvalue weighted by Crippen LogP contribution is 2.32. The van der Waals surface area contributed by atoms with Gasteiger partial charge in [0.15, 0.2) is 11.6 Å². The van der Waals surface area contributed by atoms with E-state index in [0.29, 0.717) is 24.0 Å². The molecule has 3 nitrogen and oxygen atoms in total. The van der Waals surface area contributed by atoms with Crippen LogP contribution in [0.2, 0.25) is 0 Å². The fraction of sp³-hybridized carbons (Fsp3) is 0.688. The van der Waals surface area contributed by atoms with E-state index in [1.165, 1.54) is 12.8 Å². The average Bonchev–Trinajstić information content (AvgIpc) is 3.19. The predicted molar refractivity (Wildman–Crippen MR) is 81.4 cm³/mol. The lowest BCUT2D eigenvalue weighted by molar-refractivity contribution is 0.538. The molecule has 0 unspecified atom stereocenters. The van der Waals surface area contributed by atoms with Crippen LogP contribution in [0.15, 0.2) is 12.3 Å². The molecule has 1 aromatic rings. The third kappa shape index (κ3) is 3.92. The van der Waals surface area contributed by atoms with Crippen LogP contribution < -0.4 is 10.2 Å². The molecule has 1 N–H and O–H groups in total. The van der Waals surface area contributed by atoms with Crippen LogP contribution >= 0.6 is 0 Å². The van der Waals surface area contributed by atoms with E-state index in [1.54, 1.807) is 12.3 Å². The molecule has 0 aromatic carbocycles. The maximum atomic E-state index is 14.7. The highest BCUT2D eigenvalue weighted by molar-refractivity contribution is 5.44. The molecular weight excluding hydrogens is 253 g/mol. The molecule has 4 heteroatoms. The number of hydrogen-bond donors (Lipinski definition) is 1. The first-order valence-corrected chi connectivity index (χ1v) is 7.62. The fourth-order valence-corrected chi connectivity index (χ4v) is 2.24. The highest BCUT2D eigenvalue weighted by Gasteiger charge is 2.28. The van der Waals surface area contributed by atoms with Crippen molar-refractivity contribution >= 4 is 5.82 Å². The minimum atomic E-state index is -0.171. The molecule has 1 saturated carbocycles. The third-order valence-electron chi connectivity index (χ3n) is 3.70. The molecule has 0 aliphatic heterocycles. The van der Waals surface area contributed by atoms with Crippen molar-refractivity contribution in [2.45, 2.75) is 59.2 Å². The van der Waals surface area contributed by atoms with Crippen LogP contribution in [0.5, 0.6) is 0 Å². The molecule has 1 heterocycles. The van der Waals surface area contributed by atoms with Gasteiger partial charge in [0.1, 0.15) is 0 Å². The Kier molecular flexibility index (Phi) is 4.97. The Labute approximate surface area is 121 Å². The molecule has 1 fully saturated rings. The summed E-state index contributed by atoms with van der Waals surface area (Å²) in [4.78, 5) is 6.39. The lowest BCUT2D eigenvalue weighted by Gasteiger charge is -2.28. The van der Waals surface area contributed by atoms with E-state index in [-0.39, 0.29) is 11.9 Å². The van der Waals surface area contributed by atoms with E-state index in [4.69, 9.17) is 0 Å². The molecule has 0 spiro atoms. The number of rotatable bonds is 7. The Morgan fingerprint density at radius 2 is 2.05 bits per heavy atom. The van der Waals surface area contributed by atoms with Gasteiger partial charge in [-0.1, -0.05) is 13.8 Å². The van der Waals surface area contributed by atoms with Crippen LogP contribution in [0.1, 0.15) is 46.1 Å². The first kappa shape index (κ1) is 15.2. The van der Waals surface area contributed by atoms with Crippen LogP contribution in [-0.2, 0) is 6.54 Å². The van der Waals surface area contributed by atoms with Crippen molar-refractivity contribution in [3.63, 3.8) is 0 Å². The van der Waals surface area contributed by atoms with Crippen molar-refractivity contribution in [1.82, 2.24) is 10.3 Å². The predicted octanol–water partition coefficient (Wildman–Crippen LogP) is 3.34. The van der Waals surface area contributed by atoms with E-state index in [1.807, 2.05) is 0 Å². The molecule has 1 aliphatic carbocycles. The maximum Gasteiger partial charge on any atom is 0.170 e. The van der Waals surface area contributed by atoms with Crippen LogP contribution in [-0.4, -0.2) is 23.6 Å². The summed E-state index contributed by atoms with van der Waals surface area (Å²) in [6.07, 6.45) is 4.25. The summed E-state index contributed by atoms with van der Waals surface area (Å²) >= 11 is 0. The van der Waals surface area contributed by atoms with Crippen LogP contribution in [0.25, 0.3) is 0 Å². The van der Waals surface area contributed by atoms with E-state index in [2.05, 4.69) is 42.9 Å². The number of nitrogens with one attached hydrogen (secondary N) is 1. The Morgan fingerprint density at radius 1 is 1.35 bits per heavy atom. The van der Waals surface area contributed by atoms with E-state index in [9.17, 15) is 4.39 Å². The van der Waals surface area contributed by atoms with Gasteiger partial charge >= 0.3 is 0 Å². The SMILES string of the molecule is CC(C)NCc1ccnc(N(CC2CC2)C(C)C)c1F. The summed E-state index contributed by atoms with van der Waals surface area (Å²) in [5.74, 6) is 1.06. The zero-order chi connectivity index (χ0) is 14.7. The first-order chi connectivity index (χ1) is 9.49. The van der Waals surface area contributed by atoms with E-state index in [0.717, 1.165) is 12.5 Å². The normalized spacial score (nSPS) is 15.2. The highest BCUT2D eigenvalue weighted by atomic mass is 19.1. The molecule has 20 heavy (non-hydrogen) atoms. The minimum Gasteiger partial charge on any atom is -0.351 e. The van der Waals surface area contributed by atoms with Gasteiger partial charge in [0.25, 0.3) is 0 Å². The molecule has 1 aromatic heterocycles. The van der Waals surface area contributed by atoms with Crippen molar-refractivity contribution in [2.75, 3.05) is 11.4 Å². The Bertz CT molecular complexity index is 441. The van der Waals surface area contributed by atoms with Crippen LogP contribution in [0.3, 0.4) is 0 Å². The van der Waals surface area contributed by atoms with Crippen LogP contribution in [0.4, 0.5) is 10.2 Å². The van der Waals surface area contributed by atoms with Crippen molar-refractivity contribution in [3.8, 4) is 0 Å². The molecule has 0 atom stereocenters. The topological polar surface area (TPSA) is 28.2 Å². The number of hydrogen-bond acceptors (Lipinski definition) is 3. The van der Waals surface area contributed by atoms with Gasteiger partial charge in [0.2, 0.25) is 0 Å². The molecule has 112 valence electrons. The van der Waals surface area contributed by atoms with E-state index < -0.39 is 0 Å². The van der Waals surface area contributed by atoms with Crippen molar-refractivity contribution < 1.29 is 4.39 Å². The second kappa shape index (κ2) is 6.53. The Hall–Kier alpha value is -1.16. The van der Waals surface area contributed by atoms with E-state index >= 15 is 0 Å². The molecule has 0 saturated heterocycles. The molecular formula is C16H26FN3. The number of halogens is 1.